The SMILES string of the molecule is CC(=O)OC1CC(C)(O)C=CCC(C)CC(=O)CC2=CC(OC2=O)C1C(C)C. The Kier molecular flexibility index (Phi) is 7.21. The molecule has 0 radical (unpaired) electrons. The van der Waals surface area contributed by atoms with E-state index in [-0.39, 0.29) is 36.4 Å². The zero-order valence-electron chi connectivity index (χ0n) is 17.4. The number of esters is 2. The van der Waals surface area contributed by atoms with Crippen LogP contribution in [0.4, 0.5) is 0 Å². The van der Waals surface area contributed by atoms with Crippen LogP contribution in [0.3, 0.4) is 0 Å². The van der Waals surface area contributed by atoms with Gasteiger partial charge in [-0.1, -0.05) is 32.9 Å². The highest BCUT2D eigenvalue weighted by molar-refractivity contribution is 5.97. The Morgan fingerprint density at radius 2 is 2.04 bits per heavy atom. The Hall–Kier alpha value is -1.95. The lowest BCUT2D eigenvalue weighted by Gasteiger charge is -2.35. The molecular formula is C22H32O6. The molecule has 0 aromatic carbocycles. The maximum atomic E-state index is 12.4. The summed E-state index contributed by atoms with van der Waals surface area (Å²) in [5.41, 5.74) is -0.829. The molecule has 1 aliphatic heterocycles. The van der Waals surface area contributed by atoms with E-state index in [0.29, 0.717) is 18.4 Å². The monoisotopic (exact) mass is 392 g/mol. The average Bonchev–Trinajstić information content (AvgIpc) is 2.84. The quantitative estimate of drug-likeness (QED) is 0.574. The van der Waals surface area contributed by atoms with Crippen molar-refractivity contribution in [2.24, 2.45) is 17.8 Å². The van der Waals surface area contributed by atoms with Crippen LogP contribution in [0.1, 0.15) is 60.3 Å². The molecule has 0 aromatic rings. The summed E-state index contributed by atoms with van der Waals surface area (Å²) >= 11 is 0. The molecule has 0 saturated carbocycles. The van der Waals surface area contributed by atoms with E-state index in [1.54, 1.807) is 19.1 Å². The number of aliphatic hydroxyl groups is 1. The Morgan fingerprint density at radius 3 is 2.64 bits per heavy atom. The van der Waals surface area contributed by atoms with Crippen molar-refractivity contribution in [1.82, 2.24) is 0 Å². The molecule has 6 heteroatoms. The molecule has 1 aliphatic carbocycles. The van der Waals surface area contributed by atoms with Crippen LogP contribution in [0.5, 0.6) is 0 Å². The Balaban J connectivity index is 2.44. The predicted octanol–water partition coefficient (Wildman–Crippen LogP) is 3.13. The fourth-order valence-electron chi connectivity index (χ4n) is 4.10. The van der Waals surface area contributed by atoms with Crippen molar-refractivity contribution in [3.63, 3.8) is 0 Å². The first-order valence-corrected chi connectivity index (χ1v) is 9.99. The van der Waals surface area contributed by atoms with E-state index in [4.69, 9.17) is 9.47 Å². The van der Waals surface area contributed by atoms with Gasteiger partial charge in [0.05, 0.1) is 5.60 Å². The number of rotatable bonds is 2. The molecule has 0 spiro atoms. The number of fused-ring (bicyclic) bond motifs is 1. The van der Waals surface area contributed by atoms with Crippen molar-refractivity contribution in [3.05, 3.63) is 23.8 Å². The number of Topliss-reactive ketones (excluding diaryl/α,β-unsaturated/α-hetero) is 1. The second-order valence-electron chi connectivity index (χ2n) is 8.76. The minimum absolute atomic E-state index is 0.00815. The maximum Gasteiger partial charge on any atom is 0.334 e. The second kappa shape index (κ2) is 9.03. The largest absolute Gasteiger partial charge is 0.462 e. The molecule has 5 unspecified atom stereocenters. The van der Waals surface area contributed by atoms with Gasteiger partial charge in [0.15, 0.2) is 0 Å². The van der Waals surface area contributed by atoms with E-state index in [1.165, 1.54) is 6.92 Å². The summed E-state index contributed by atoms with van der Waals surface area (Å²) in [5.74, 6) is -1.16. The van der Waals surface area contributed by atoms with Gasteiger partial charge in [0, 0.05) is 37.7 Å². The number of hydrogen-bond acceptors (Lipinski definition) is 6. The molecule has 2 aliphatic rings. The first-order chi connectivity index (χ1) is 13.0. The van der Waals surface area contributed by atoms with Crippen LogP contribution in [0, 0.1) is 17.8 Å². The molecule has 0 amide bonds. The second-order valence-corrected chi connectivity index (χ2v) is 8.76. The van der Waals surface area contributed by atoms with Gasteiger partial charge < -0.3 is 14.6 Å². The normalized spacial score (nSPS) is 34.6. The van der Waals surface area contributed by atoms with Gasteiger partial charge in [0.2, 0.25) is 0 Å². The molecule has 1 heterocycles. The highest BCUT2D eigenvalue weighted by Gasteiger charge is 2.42. The summed E-state index contributed by atoms with van der Waals surface area (Å²) in [5, 5.41) is 10.9. The van der Waals surface area contributed by atoms with Gasteiger partial charge in [-0.2, -0.15) is 0 Å². The Labute approximate surface area is 167 Å². The van der Waals surface area contributed by atoms with Crippen LogP contribution in [-0.2, 0) is 23.9 Å². The maximum absolute atomic E-state index is 12.4. The van der Waals surface area contributed by atoms with Crippen molar-refractivity contribution < 1.29 is 29.0 Å². The summed E-state index contributed by atoms with van der Waals surface area (Å²) in [4.78, 5) is 36.4. The van der Waals surface area contributed by atoms with Crippen molar-refractivity contribution in [3.8, 4) is 0 Å². The summed E-state index contributed by atoms with van der Waals surface area (Å²) in [6, 6.07) is 0. The van der Waals surface area contributed by atoms with E-state index in [1.807, 2.05) is 26.8 Å². The molecule has 0 saturated heterocycles. The van der Waals surface area contributed by atoms with Crippen molar-refractivity contribution in [2.75, 3.05) is 0 Å². The Bertz CT molecular complexity index is 673. The number of carbonyl (C=O) groups excluding carboxylic acids is 3. The molecule has 0 fully saturated rings. The third-order valence-electron chi connectivity index (χ3n) is 5.36. The van der Waals surface area contributed by atoms with E-state index >= 15 is 0 Å². The van der Waals surface area contributed by atoms with Crippen LogP contribution in [0.25, 0.3) is 0 Å². The van der Waals surface area contributed by atoms with Crippen molar-refractivity contribution in [1.29, 1.82) is 0 Å². The van der Waals surface area contributed by atoms with Crippen LogP contribution in [-0.4, -0.2) is 40.6 Å². The standard InChI is InChI=1S/C22H32O6/c1-13(2)20-18-11-16(21(25)28-18)10-17(24)9-14(3)7-6-8-22(5,26)12-19(20)27-15(4)23/h6,8,11,13-14,18-20,26H,7,9-10,12H2,1-5H3. The molecule has 2 bridgehead atoms. The van der Waals surface area contributed by atoms with Crippen LogP contribution in [0.15, 0.2) is 23.8 Å². The first-order valence-electron chi connectivity index (χ1n) is 9.99. The fourth-order valence-corrected chi connectivity index (χ4v) is 4.10. The zero-order chi connectivity index (χ0) is 21.1. The van der Waals surface area contributed by atoms with Gasteiger partial charge in [0.25, 0.3) is 0 Å². The summed E-state index contributed by atoms with van der Waals surface area (Å²) < 4.78 is 11.1. The molecule has 1 N–H and O–H groups in total. The minimum atomic E-state index is -1.20. The first kappa shape index (κ1) is 22.3. The summed E-state index contributed by atoms with van der Waals surface area (Å²) in [7, 11) is 0. The Morgan fingerprint density at radius 1 is 1.36 bits per heavy atom. The van der Waals surface area contributed by atoms with Crippen molar-refractivity contribution >= 4 is 17.7 Å². The average molecular weight is 392 g/mol. The van der Waals surface area contributed by atoms with E-state index in [9.17, 15) is 19.5 Å². The third-order valence-corrected chi connectivity index (χ3v) is 5.36. The van der Waals surface area contributed by atoms with E-state index in [0.717, 1.165) is 0 Å². The lowest BCUT2D eigenvalue weighted by Crippen LogP contribution is -2.42. The smallest absolute Gasteiger partial charge is 0.334 e. The van der Waals surface area contributed by atoms with Gasteiger partial charge in [-0.15, -0.1) is 0 Å². The molecule has 28 heavy (non-hydrogen) atoms. The minimum Gasteiger partial charge on any atom is -0.462 e. The topological polar surface area (TPSA) is 89.9 Å². The van der Waals surface area contributed by atoms with Gasteiger partial charge in [-0.3, -0.25) is 9.59 Å². The molecule has 2 rings (SSSR count). The molecule has 156 valence electrons. The highest BCUT2D eigenvalue weighted by atomic mass is 16.6. The molecule has 0 aromatic heterocycles. The van der Waals surface area contributed by atoms with Crippen LogP contribution >= 0.6 is 0 Å². The number of carbonyl (C=O) groups is 3. The van der Waals surface area contributed by atoms with Crippen LogP contribution < -0.4 is 0 Å². The number of allylic oxidation sites excluding steroid dienone is 1. The predicted molar refractivity (Wildman–Crippen MR) is 104 cm³/mol. The fraction of sp³-hybridized carbons (Fsp3) is 0.682. The highest BCUT2D eigenvalue weighted by Crippen LogP contribution is 2.35. The third kappa shape index (κ3) is 6.03. The van der Waals surface area contributed by atoms with Gasteiger partial charge in [-0.25, -0.2) is 4.79 Å². The number of ketones is 1. The van der Waals surface area contributed by atoms with Gasteiger partial charge in [0.1, 0.15) is 18.0 Å². The van der Waals surface area contributed by atoms with Gasteiger partial charge >= 0.3 is 11.9 Å². The summed E-state index contributed by atoms with van der Waals surface area (Å²) in [6.45, 7) is 8.88. The lowest BCUT2D eigenvalue weighted by molar-refractivity contribution is -0.159. The molecular weight excluding hydrogens is 360 g/mol. The number of ether oxygens (including phenoxy) is 2. The van der Waals surface area contributed by atoms with Gasteiger partial charge in [-0.05, 0) is 31.3 Å². The van der Waals surface area contributed by atoms with E-state index in [2.05, 4.69) is 0 Å². The zero-order valence-corrected chi connectivity index (χ0v) is 17.4. The number of hydrogen-bond donors (Lipinski definition) is 1. The molecule has 6 nitrogen and oxygen atoms in total. The summed E-state index contributed by atoms with van der Waals surface area (Å²) in [6.07, 6.45) is 5.29. The van der Waals surface area contributed by atoms with E-state index < -0.39 is 29.7 Å². The molecule has 5 atom stereocenters. The van der Waals surface area contributed by atoms with Crippen LogP contribution in [0.2, 0.25) is 0 Å². The lowest BCUT2D eigenvalue weighted by atomic mass is 9.80. The van der Waals surface area contributed by atoms with Crippen molar-refractivity contribution in [2.45, 2.75) is 78.1 Å².